The zero-order valence-corrected chi connectivity index (χ0v) is 10.5. The predicted octanol–water partition coefficient (Wildman–Crippen LogP) is 2.91. The average Bonchev–Trinajstić information content (AvgIpc) is 2.94. The van der Waals surface area contributed by atoms with E-state index in [-0.39, 0.29) is 12.0 Å². The van der Waals surface area contributed by atoms with Crippen LogP contribution in [0.1, 0.15) is 49.8 Å². The number of aliphatic hydroxyl groups is 1. The number of hydrogen-bond acceptors (Lipinski definition) is 2. The van der Waals surface area contributed by atoms with Crippen LogP contribution in [0.4, 0.5) is 0 Å². The second kappa shape index (κ2) is 4.41. The molecule has 1 fully saturated rings. The van der Waals surface area contributed by atoms with Crippen molar-refractivity contribution >= 4 is 0 Å². The minimum absolute atomic E-state index is 0.177. The summed E-state index contributed by atoms with van der Waals surface area (Å²) in [6.45, 7) is 2.29. The molecule has 4 atom stereocenters. The maximum absolute atomic E-state index is 10.6. The standard InChI is InChI=1S/C15H21NO/c1-10-4-2-6-12(10)15(17)13-8-7-11-5-3-9-16-14(11)13/h3,5,9-10,12-13,15,17H,2,4,6-8H2,1H3. The fraction of sp³-hybridized carbons (Fsp3) is 0.667. The number of aryl methyl sites for hydroxylation is 1. The van der Waals surface area contributed by atoms with Crippen LogP contribution >= 0.6 is 0 Å². The van der Waals surface area contributed by atoms with Crippen LogP contribution in [0.25, 0.3) is 0 Å². The van der Waals surface area contributed by atoms with Crippen molar-refractivity contribution in [3.05, 3.63) is 29.6 Å². The molecular weight excluding hydrogens is 210 g/mol. The first-order valence-corrected chi connectivity index (χ1v) is 6.89. The largest absolute Gasteiger partial charge is 0.392 e. The molecule has 17 heavy (non-hydrogen) atoms. The zero-order chi connectivity index (χ0) is 11.8. The number of hydrogen-bond donors (Lipinski definition) is 1. The SMILES string of the molecule is CC1CCCC1C(O)C1CCc2cccnc21. The molecule has 0 spiro atoms. The Kier molecular flexibility index (Phi) is 2.91. The highest BCUT2D eigenvalue weighted by Gasteiger charge is 2.38. The summed E-state index contributed by atoms with van der Waals surface area (Å²) in [7, 11) is 0. The molecule has 0 amide bonds. The van der Waals surface area contributed by atoms with Gasteiger partial charge in [0.05, 0.1) is 6.10 Å². The van der Waals surface area contributed by atoms with Gasteiger partial charge in [-0.25, -0.2) is 0 Å². The molecule has 2 aliphatic carbocycles. The lowest BCUT2D eigenvalue weighted by atomic mass is 9.83. The van der Waals surface area contributed by atoms with Crippen molar-refractivity contribution in [3.8, 4) is 0 Å². The van der Waals surface area contributed by atoms with Crippen LogP contribution < -0.4 is 0 Å². The molecular formula is C15H21NO. The van der Waals surface area contributed by atoms with Crippen molar-refractivity contribution in [3.63, 3.8) is 0 Å². The topological polar surface area (TPSA) is 33.1 Å². The van der Waals surface area contributed by atoms with Gasteiger partial charge in [0.15, 0.2) is 0 Å². The molecule has 2 aliphatic rings. The van der Waals surface area contributed by atoms with Crippen LogP contribution in [0, 0.1) is 11.8 Å². The van der Waals surface area contributed by atoms with Gasteiger partial charge in [0.1, 0.15) is 0 Å². The molecule has 1 aromatic rings. The van der Waals surface area contributed by atoms with Gasteiger partial charge in [-0.1, -0.05) is 25.8 Å². The van der Waals surface area contributed by atoms with Crippen molar-refractivity contribution in [2.75, 3.05) is 0 Å². The summed E-state index contributed by atoms with van der Waals surface area (Å²) < 4.78 is 0. The predicted molar refractivity (Wildman–Crippen MR) is 67.8 cm³/mol. The van der Waals surface area contributed by atoms with Gasteiger partial charge in [0, 0.05) is 17.8 Å². The molecule has 1 N–H and O–H groups in total. The van der Waals surface area contributed by atoms with Gasteiger partial charge in [0.25, 0.3) is 0 Å². The van der Waals surface area contributed by atoms with Gasteiger partial charge in [-0.2, -0.15) is 0 Å². The number of nitrogens with zero attached hydrogens (tertiary/aromatic N) is 1. The monoisotopic (exact) mass is 231 g/mol. The van der Waals surface area contributed by atoms with Crippen LogP contribution in [-0.4, -0.2) is 16.2 Å². The lowest BCUT2D eigenvalue weighted by molar-refractivity contribution is 0.0634. The first-order valence-electron chi connectivity index (χ1n) is 6.89. The molecule has 0 bridgehead atoms. The lowest BCUT2D eigenvalue weighted by Crippen LogP contribution is -2.28. The van der Waals surface area contributed by atoms with E-state index in [9.17, 15) is 5.11 Å². The summed E-state index contributed by atoms with van der Waals surface area (Å²) in [5.41, 5.74) is 2.52. The van der Waals surface area contributed by atoms with Crippen LogP contribution in [0.2, 0.25) is 0 Å². The van der Waals surface area contributed by atoms with Crippen molar-refractivity contribution in [2.45, 2.75) is 51.0 Å². The highest BCUT2D eigenvalue weighted by atomic mass is 16.3. The third-order valence-corrected chi connectivity index (χ3v) is 4.78. The maximum Gasteiger partial charge on any atom is 0.0654 e. The summed E-state index contributed by atoms with van der Waals surface area (Å²) >= 11 is 0. The van der Waals surface area contributed by atoms with Crippen LogP contribution in [-0.2, 0) is 6.42 Å². The molecule has 0 aromatic carbocycles. The number of pyridine rings is 1. The Labute approximate surface area is 103 Å². The summed E-state index contributed by atoms with van der Waals surface area (Å²) in [5, 5.41) is 10.6. The van der Waals surface area contributed by atoms with E-state index in [1.165, 1.54) is 30.5 Å². The van der Waals surface area contributed by atoms with Crippen molar-refractivity contribution < 1.29 is 5.11 Å². The van der Waals surface area contributed by atoms with Gasteiger partial charge in [-0.05, 0) is 42.7 Å². The molecule has 2 nitrogen and oxygen atoms in total. The molecule has 0 radical (unpaired) electrons. The molecule has 92 valence electrons. The first kappa shape index (κ1) is 11.2. The summed E-state index contributed by atoms with van der Waals surface area (Å²) in [4.78, 5) is 4.50. The third kappa shape index (κ3) is 1.89. The quantitative estimate of drug-likeness (QED) is 0.849. The summed E-state index contributed by atoms with van der Waals surface area (Å²) in [6, 6.07) is 4.17. The van der Waals surface area contributed by atoms with E-state index in [2.05, 4.69) is 18.0 Å². The van der Waals surface area contributed by atoms with Gasteiger partial charge in [-0.15, -0.1) is 0 Å². The van der Waals surface area contributed by atoms with E-state index in [0.717, 1.165) is 12.8 Å². The molecule has 2 heteroatoms. The number of aliphatic hydroxyl groups excluding tert-OH is 1. The van der Waals surface area contributed by atoms with E-state index >= 15 is 0 Å². The fourth-order valence-electron chi connectivity index (χ4n) is 3.76. The van der Waals surface area contributed by atoms with Gasteiger partial charge in [0.2, 0.25) is 0 Å². The van der Waals surface area contributed by atoms with E-state index in [0.29, 0.717) is 11.8 Å². The van der Waals surface area contributed by atoms with E-state index < -0.39 is 0 Å². The van der Waals surface area contributed by atoms with Gasteiger partial charge >= 0.3 is 0 Å². The van der Waals surface area contributed by atoms with Crippen LogP contribution in [0.3, 0.4) is 0 Å². The third-order valence-electron chi connectivity index (χ3n) is 4.78. The average molecular weight is 231 g/mol. The summed E-state index contributed by atoms with van der Waals surface area (Å²) in [6.07, 6.45) is 7.61. The molecule has 1 heterocycles. The highest BCUT2D eigenvalue weighted by Crippen LogP contribution is 2.42. The molecule has 3 rings (SSSR count). The maximum atomic E-state index is 10.6. The minimum Gasteiger partial charge on any atom is -0.392 e. The number of fused-ring (bicyclic) bond motifs is 1. The first-order chi connectivity index (χ1) is 8.27. The Balaban J connectivity index is 1.82. The Morgan fingerprint density at radius 3 is 3.00 bits per heavy atom. The van der Waals surface area contributed by atoms with Gasteiger partial charge in [-0.3, -0.25) is 4.98 Å². The van der Waals surface area contributed by atoms with Gasteiger partial charge < -0.3 is 5.11 Å². The molecule has 1 aromatic heterocycles. The Morgan fingerprint density at radius 2 is 2.24 bits per heavy atom. The van der Waals surface area contributed by atoms with E-state index in [4.69, 9.17) is 0 Å². The zero-order valence-electron chi connectivity index (χ0n) is 10.5. The summed E-state index contributed by atoms with van der Waals surface area (Å²) in [5.74, 6) is 1.46. The Morgan fingerprint density at radius 1 is 1.35 bits per heavy atom. The smallest absolute Gasteiger partial charge is 0.0654 e. The Hall–Kier alpha value is -0.890. The molecule has 0 aliphatic heterocycles. The Bertz CT molecular complexity index is 404. The van der Waals surface area contributed by atoms with E-state index in [1.807, 2.05) is 12.3 Å². The molecule has 4 unspecified atom stereocenters. The second-order valence-electron chi connectivity index (χ2n) is 5.76. The molecule has 1 saturated carbocycles. The lowest BCUT2D eigenvalue weighted by Gasteiger charge is -2.27. The van der Waals surface area contributed by atoms with E-state index in [1.54, 1.807) is 0 Å². The normalized spacial score (nSPS) is 33.6. The second-order valence-corrected chi connectivity index (χ2v) is 5.76. The van der Waals surface area contributed by atoms with Crippen molar-refractivity contribution in [2.24, 2.45) is 11.8 Å². The number of rotatable bonds is 2. The van der Waals surface area contributed by atoms with Crippen molar-refractivity contribution in [1.82, 2.24) is 4.98 Å². The minimum atomic E-state index is -0.177. The molecule has 0 saturated heterocycles. The highest BCUT2D eigenvalue weighted by molar-refractivity contribution is 5.29. The van der Waals surface area contributed by atoms with Crippen LogP contribution in [0.5, 0.6) is 0 Å². The number of aromatic nitrogens is 1. The van der Waals surface area contributed by atoms with Crippen molar-refractivity contribution in [1.29, 1.82) is 0 Å². The van der Waals surface area contributed by atoms with Crippen LogP contribution in [0.15, 0.2) is 18.3 Å². The fourth-order valence-corrected chi connectivity index (χ4v) is 3.76.